The summed E-state index contributed by atoms with van der Waals surface area (Å²) in [6.45, 7) is 0. The van der Waals surface area contributed by atoms with E-state index in [4.69, 9.17) is 5.26 Å². The molecule has 0 N–H and O–H groups in total. The third kappa shape index (κ3) is 1.43. The maximum atomic E-state index is 13.2. The molecule has 1 aromatic carbocycles. The summed E-state index contributed by atoms with van der Waals surface area (Å²) in [4.78, 5) is 0. The molecule has 70 valence electrons. The van der Waals surface area contributed by atoms with Crippen molar-refractivity contribution in [3.63, 3.8) is 0 Å². The van der Waals surface area contributed by atoms with Crippen molar-refractivity contribution in [2.75, 3.05) is 0 Å². The van der Waals surface area contributed by atoms with E-state index < -0.39 is 0 Å². The van der Waals surface area contributed by atoms with Gasteiger partial charge in [-0.05, 0) is 39.0 Å². The minimum absolute atomic E-state index is 0.282. The number of benzene rings is 1. The number of nitrogens with zero attached hydrogens (tertiary/aromatic N) is 1. The van der Waals surface area contributed by atoms with Gasteiger partial charge in [0, 0.05) is 10.1 Å². The van der Waals surface area contributed by atoms with Crippen molar-refractivity contribution in [2.45, 2.75) is 6.42 Å². The van der Waals surface area contributed by atoms with Crippen LogP contribution in [0.5, 0.6) is 0 Å². The maximum absolute atomic E-state index is 13.2. The number of fused-ring (bicyclic) bond motifs is 1. The monoisotopic (exact) mass is 269 g/mol. The van der Waals surface area contributed by atoms with Gasteiger partial charge in [0.05, 0.1) is 17.0 Å². The van der Waals surface area contributed by atoms with Crippen molar-refractivity contribution in [3.05, 3.63) is 33.4 Å². The Morgan fingerprint density at radius 2 is 2.29 bits per heavy atom. The van der Waals surface area contributed by atoms with Gasteiger partial charge in [0.2, 0.25) is 0 Å². The van der Waals surface area contributed by atoms with Gasteiger partial charge in [0.1, 0.15) is 5.82 Å². The van der Waals surface area contributed by atoms with Gasteiger partial charge in [0.25, 0.3) is 0 Å². The molecule has 0 unspecified atom stereocenters. The van der Waals surface area contributed by atoms with Crippen molar-refractivity contribution >= 4 is 37.4 Å². The first-order valence-electron chi connectivity index (χ1n) is 3.95. The van der Waals surface area contributed by atoms with E-state index >= 15 is 0 Å². The summed E-state index contributed by atoms with van der Waals surface area (Å²) < 4.78 is 14.7. The third-order valence-corrected chi connectivity index (χ3v) is 3.75. The van der Waals surface area contributed by atoms with Gasteiger partial charge in [-0.25, -0.2) is 4.39 Å². The zero-order chi connectivity index (χ0) is 10.1. The quantitative estimate of drug-likeness (QED) is 0.771. The first-order valence-corrected chi connectivity index (χ1v) is 5.62. The van der Waals surface area contributed by atoms with Gasteiger partial charge < -0.3 is 0 Å². The Bertz CT molecular complexity index is 527. The SMILES string of the molecule is N#CCc1csc2ccc(F)c(Br)c12. The topological polar surface area (TPSA) is 23.8 Å². The van der Waals surface area contributed by atoms with Crippen molar-refractivity contribution in [2.24, 2.45) is 0 Å². The standard InChI is InChI=1S/C10H5BrFNS/c11-10-7(12)1-2-8-9(10)6(3-4-13)5-14-8/h1-2,5H,3H2. The van der Waals surface area contributed by atoms with E-state index in [1.165, 1.54) is 17.4 Å². The second-order valence-electron chi connectivity index (χ2n) is 2.83. The Labute approximate surface area is 92.9 Å². The molecule has 1 aromatic heterocycles. The summed E-state index contributed by atoms with van der Waals surface area (Å²) in [5.74, 6) is -0.282. The number of halogens is 2. The highest BCUT2D eigenvalue weighted by Gasteiger charge is 2.10. The van der Waals surface area contributed by atoms with Gasteiger partial charge in [-0.2, -0.15) is 5.26 Å². The molecule has 0 aliphatic heterocycles. The van der Waals surface area contributed by atoms with Gasteiger partial charge >= 0.3 is 0 Å². The highest BCUT2D eigenvalue weighted by molar-refractivity contribution is 9.10. The molecular weight excluding hydrogens is 265 g/mol. The highest BCUT2D eigenvalue weighted by atomic mass is 79.9. The molecule has 0 spiro atoms. The van der Waals surface area contributed by atoms with Gasteiger partial charge in [-0.3, -0.25) is 0 Å². The summed E-state index contributed by atoms with van der Waals surface area (Å²) in [5, 5.41) is 11.3. The van der Waals surface area contributed by atoms with Crippen LogP contribution in [0.4, 0.5) is 4.39 Å². The Balaban J connectivity index is 2.77. The summed E-state index contributed by atoms with van der Waals surface area (Å²) in [5.41, 5.74) is 0.888. The molecule has 4 heteroatoms. The van der Waals surface area contributed by atoms with Crippen LogP contribution in [0, 0.1) is 17.1 Å². The molecule has 0 saturated heterocycles. The minimum atomic E-state index is -0.282. The van der Waals surface area contributed by atoms with Crippen molar-refractivity contribution < 1.29 is 4.39 Å². The fourth-order valence-corrected chi connectivity index (χ4v) is 3.04. The van der Waals surface area contributed by atoms with Gasteiger partial charge in [-0.15, -0.1) is 11.3 Å². The van der Waals surface area contributed by atoms with E-state index in [9.17, 15) is 4.39 Å². The molecule has 0 atom stereocenters. The van der Waals surface area contributed by atoms with Crippen molar-refractivity contribution in [3.8, 4) is 6.07 Å². The van der Waals surface area contributed by atoms with Crippen LogP contribution in [-0.4, -0.2) is 0 Å². The van der Waals surface area contributed by atoms with Crippen molar-refractivity contribution in [1.82, 2.24) is 0 Å². The molecule has 0 aliphatic rings. The zero-order valence-corrected chi connectivity index (χ0v) is 9.45. The number of hydrogen-bond acceptors (Lipinski definition) is 2. The smallest absolute Gasteiger partial charge is 0.138 e. The van der Waals surface area contributed by atoms with Crippen LogP contribution < -0.4 is 0 Å². The van der Waals surface area contributed by atoms with Gasteiger partial charge in [0.15, 0.2) is 0 Å². The van der Waals surface area contributed by atoms with E-state index in [-0.39, 0.29) is 5.82 Å². The molecule has 2 rings (SSSR count). The Morgan fingerprint density at radius 3 is 3.00 bits per heavy atom. The summed E-state index contributed by atoms with van der Waals surface area (Å²) in [6.07, 6.45) is 0.321. The average molecular weight is 270 g/mol. The lowest BCUT2D eigenvalue weighted by Crippen LogP contribution is -1.82. The Kier molecular flexibility index (Phi) is 2.53. The van der Waals surface area contributed by atoms with Crippen LogP contribution in [0.3, 0.4) is 0 Å². The lowest BCUT2D eigenvalue weighted by atomic mass is 10.1. The molecule has 0 bridgehead atoms. The predicted molar refractivity (Wildman–Crippen MR) is 58.8 cm³/mol. The number of rotatable bonds is 1. The Hall–Kier alpha value is -0.920. The van der Waals surface area contributed by atoms with Crippen LogP contribution in [0.1, 0.15) is 5.56 Å². The molecule has 1 heterocycles. The fourth-order valence-electron chi connectivity index (χ4n) is 1.34. The molecule has 1 nitrogen and oxygen atoms in total. The summed E-state index contributed by atoms with van der Waals surface area (Å²) in [6, 6.07) is 5.24. The predicted octanol–water partition coefficient (Wildman–Crippen LogP) is 3.87. The first kappa shape index (κ1) is 9.63. The molecule has 0 radical (unpaired) electrons. The molecule has 2 aromatic rings. The van der Waals surface area contributed by atoms with E-state index in [0.29, 0.717) is 10.9 Å². The normalized spacial score (nSPS) is 10.4. The van der Waals surface area contributed by atoms with Crippen LogP contribution in [-0.2, 0) is 6.42 Å². The summed E-state index contributed by atoms with van der Waals surface area (Å²) in [7, 11) is 0. The molecular formula is C10H5BrFNS. The van der Waals surface area contributed by atoms with E-state index in [2.05, 4.69) is 22.0 Å². The summed E-state index contributed by atoms with van der Waals surface area (Å²) >= 11 is 4.73. The maximum Gasteiger partial charge on any atom is 0.138 e. The van der Waals surface area contributed by atoms with Crippen molar-refractivity contribution in [1.29, 1.82) is 5.26 Å². The van der Waals surface area contributed by atoms with Crippen LogP contribution in [0.2, 0.25) is 0 Å². The lowest BCUT2D eigenvalue weighted by molar-refractivity contribution is 0.623. The van der Waals surface area contributed by atoms with Gasteiger partial charge in [-0.1, -0.05) is 0 Å². The number of nitriles is 1. The molecule has 0 aliphatic carbocycles. The van der Waals surface area contributed by atoms with Crippen LogP contribution >= 0.6 is 27.3 Å². The third-order valence-electron chi connectivity index (χ3n) is 1.98. The minimum Gasteiger partial charge on any atom is -0.206 e. The molecule has 0 fully saturated rings. The first-order chi connectivity index (χ1) is 6.74. The zero-order valence-electron chi connectivity index (χ0n) is 7.05. The second kappa shape index (κ2) is 3.68. The molecule has 14 heavy (non-hydrogen) atoms. The molecule has 0 amide bonds. The fraction of sp³-hybridized carbons (Fsp3) is 0.100. The van der Waals surface area contributed by atoms with E-state index in [1.54, 1.807) is 6.07 Å². The largest absolute Gasteiger partial charge is 0.206 e. The van der Waals surface area contributed by atoms with E-state index in [1.807, 2.05) is 5.38 Å². The van der Waals surface area contributed by atoms with E-state index in [0.717, 1.165) is 15.6 Å². The number of hydrogen-bond donors (Lipinski definition) is 0. The number of thiophene rings is 1. The highest BCUT2D eigenvalue weighted by Crippen LogP contribution is 2.34. The van der Waals surface area contributed by atoms with Crippen LogP contribution in [0.15, 0.2) is 22.0 Å². The second-order valence-corrected chi connectivity index (χ2v) is 4.53. The Morgan fingerprint density at radius 1 is 1.50 bits per heavy atom. The average Bonchev–Trinajstić information content (AvgIpc) is 2.57. The lowest BCUT2D eigenvalue weighted by Gasteiger charge is -1.98. The molecule has 0 saturated carbocycles. The van der Waals surface area contributed by atoms with Crippen LogP contribution in [0.25, 0.3) is 10.1 Å².